The third-order valence-electron chi connectivity index (χ3n) is 3.17. The molecule has 0 bridgehead atoms. The van der Waals surface area contributed by atoms with E-state index in [1.54, 1.807) is 19.2 Å². The van der Waals surface area contributed by atoms with Crippen molar-refractivity contribution in [2.75, 3.05) is 12.4 Å². The van der Waals surface area contributed by atoms with Crippen LogP contribution in [0.3, 0.4) is 0 Å². The van der Waals surface area contributed by atoms with Crippen LogP contribution in [0.25, 0.3) is 0 Å². The number of nitrogens with one attached hydrogen (secondary N) is 1. The Kier molecular flexibility index (Phi) is 4.45. The number of carbonyl (C=O) groups is 1. The second kappa shape index (κ2) is 6.28. The largest absolute Gasteiger partial charge is 0.495 e. The fraction of sp³-hybridized carbons (Fsp3) is 0.500. The first-order chi connectivity index (χ1) is 8.79. The third-order valence-corrected chi connectivity index (χ3v) is 3.17. The van der Waals surface area contributed by atoms with E-state index >= 15 is 0 Å². The number of ether oxygens (including phenoxy) is 2. The van der Waals surface area contributed by atoms with Crippen molar-refractivity contribution in [1.29, 1.82) is 0 Å². The minimum Gasteiger partial charge on any atom is -0.495 e. The summed E-state index contributed by atoms with van der Waals surface area (Å²) in [6, 6.07) is 7.30. The average molecular weight is 249 g/mol. The molecule has 0 unspecified atom stereocenters. The third kappa shape index (κ3) is 3.39. The van der Waals surface area contributed by atoms with Gasteiger partial charge in [-0.2, -0.15) is 0 Å². The van der Waals surface area contributed by atoms with Crippen molar-refractivity contribution in [3.63, 3.8) is 0 Å². The molecule has 1 fully saturated rings. The number of carbonyl (C=O) groups excluding carboxylic acids is 1. The molecule has 2 rings (SSSR count). The van der Waals surface area contributed by atoms with Gasteiger partial charge in [-0.1, -0.05) is 18.6 Å². The number of hydrogen-bond acceptors (Lipinski definition) is 3. The highest BCUT2D eigenvalue weighted by atomic mass is 16.6. The van der Waals surface area contributed by atoms with Gasteiger partial charge in [0.1, 0.15) is 11.9 Å². The summed E-state index contributed by atoms with van der Waals surface area (Å²) >= 11 is 0. The molecule has 4 heteroatoms. The van der Waals surface area contributed by atoms with Crippen LogP contribution in [-0.4, -0.2) is 19.3 Å². The van der Waals surface area contributed by atoms with Gasteiger partial charge >= 0.3 is 6.09 Å². The normalized spacial score (nSPS) is 16.1. The Morgan fingerprint density at radius 2 is 1.94 bits per heavy atom. The van der Waals surface area contributed by atoms with E-state index in [-0.39, 0.29) is 6.10 Å². The summed E-state index contributed by atoms with van der Waals surface area (Å²) in [6.07, 6.45) is 5.14. The number of para-hydroxylation sites is 2. The molecule has 1 aliphatic rings. The van der Waals surface area contributed by atoms with Crippen molar-refractivity contribution in [1.82, 2.24) is 0 Å². The minimum absolute atomic E-state index is 0.0634. The van der Waals surface area contributed by atoms with Gasteiger partial charge in [-0.25, -0.2) is 4.79 Å². The van der Waals surface area contributed by atoms with Gasteiger partial charge in [0.05, 0.1) is 12.8 Å². The monoisotopic (exact) mass is 249 g/mol. The standard InChI is InChI=1S/C14H19NO3/c1-17-13-10-6-5-9-12(13)15-14(16)18-11-7-3-2-4-8-11/h5-6,9-11H,2-4,7-8H2,1H3,(H,15,16). The van der Waals surface area contributed by atoms with E-state index in [4.69, 9.17) is 9.47 Å². The molecule has 1 amide bonds. The molecule has 98 valence electrons. The SMILES string of the molecule is COc1ccccc1NC(=O)OC1CCCCC1. The van der Waals surface area contributed by atoms with Gasteiger partial charge in [-0.15, -0.1) is 0 Å². The van der Waals surface area contributed by atoms with Gasteiger partial charge in [0, 0.05) is 0 Å². The van der Waals surface area contributed by atoms with Crippen LogP contribution in [0.1, 0.15) is 32.1 Å². The summed E-state index contributed by atoms with van der Waals surface area (Å²) in [5.41, 5.74) is 0.640. The lowest BCUT2D eigenvalue weighted by molar-refractivity contribution is 0.0864. The maximum atomic E-state index is 11.8. The van der Waals surface area contributed by atoms with Gasteiger partial charge in [0.2, 0.25) is 0 Å². The summed E-state index contributed by atoms with van der Waals surface area (Å²) in [5, 5.41) is 2.72. The summed E-state index contributed by atoms with van der Waals surface area (Å²) in [6.45, 7) is 0. The summed E-state index contributed by atoms with van der Waals surface area (Å²) in [5.74, 6) is 0.637. The summed E-state index contributed by atoms with van der Waals surface area (Å²) in [4.78, 5) is 11.8. The van der Waals surface area contributed by atoms with E-state index in [0.717, 1.165) is 25.7 Å². The Bertz CT molecular complexity index is 400. The fourth-order valence-electron chi connectivity index (χ4n) is 2.22. The lowest BCUT2D eigenvalue weighted by atomic mass is 9.98. The van der Waals surface area contributed by atoms with Crippen molar-refractivity contribution in [3.8, 4) is 5.75 Å². The number of anilines is 1. The van der Waals surface area contributed by atoms with Crippen LogP contribution in [0.15, 0.2) is 24.3 Å². The molecule has 1 aromatic carbocycles. The summed E-state index contributed by atoms with van der Waals surface area (Å²) < 4.78 is 10.6. The first-order valence-electron chi connectivity index (χ1n) is 6.40. The highest BCUT2D eigenvalue weighted by Gasteiger charge is 2.18. The quantitative estimate of drug-likeness (QED) is 0.890. The van der Waals surface area contributed by atoms with Crippen LogP contribution in [0.4, 0.5) is 10.5 Å². The Labute approximate surface area is 107 Å². The zero-order valence-corrected chi connectivity index (χ0v) is 10.6. The van der Waals surface area contributed by atoms with Crippen LogP contribution >= 0.6 is 0 Å². The van der Waals surface area contributed by atoms with Crippen molar-refractivity contribution in [2.24, 2.45) is 0 Å². The zero-order chi connectivity index (χ0) is 12.8. The van der Waals surface area contributed by atoms with E-state index in [1.807, 2.05) is 12.1 Å². The topological polar surface area (TPSA) is 47.6 Å². The van der Waals surface area contributed by atoms with E-state index in [1.165, 1.54) is 6.42 Å². The molecule has 0 radical (unpaired) electrons. The number of rotatable bonds is 3. The molecule has 0 aliphatic heterocycles. The molecule has 1 aromatic rings. The Hall–Kier alpha value is -1.71. The maximum absolute atomic E-state index is 11.8. The van der Waals surface area contributed by atoms with Crippen molar-refractivity contribution in [3.05, 3.63) is 24.3 Å². The molecule has 0 spiro atoms. The predicted octanol–water partition coefficient (Wildman–Crippen LogP) is 3.58. The van der Waals surface area contributed by atoms with Crippen molar-refractivity contribution in [2.45, 2.75) is 38.2 Å². The van der Waals surface area contributed by atoms with Gasteiger partial charge < -0.3 is 9.47 Å². The Morgan fingerprint density at radius 3 is 2.67 bits per heavy atom. The number of methoxy groups -OCH3 is 1. The van der Waals surface area contributed by atoms with Gasteiger partial charge in [0.25, 0.3) is 0 Å². The predicted molar refractivity (Wildman–Crippen MR) is 70.0 cm³/mol. The summed E-state index contributed by atoms with van der Waals surface area (Å²) in [7, 11) is 1.58. The molecule has 1 saturated carbocycles. The van der Waals surface area contributed by atoms with Crippen molar-refractivity contribution < 1.29 is 14.3 Å². The van der Waals surface area contributed by atoms with E-state index < -0.39 is 6.09 Å². The smallest absolute Gasteiger partial charge is 0.412 e. The van der Waals surface area contributed by atoms with Crippen LogP contribution in [0.2, 0.25) is 0 Å². The molecular weight excluding hydrogens is 230 g/mol. The first kappa shape index (κ1) is 12.7. The number of benzene rings is 1. The Balaban J connectivity index is 1.90. The molecule has 0 saturated heterocycles. The fourth-order valence-corrected chi connectivity index (χ4v) is 2.22. The molecule has 4 nitrogen and oxygen atoms in total. The second-order valence-corrected chi connectivity index (χ2v) is 4.49. The zero-order valence-electron chi connectivity index (χ0n) is 10.6. The average Bonchev–Trinajstić information content (AvgIpc) is 2.40. The lowest BCUT2D eigenvalue weighted by Crippen LogP contribution is -2.24. The highest BCUT2D eigenvalue weighted by Crippen LogP contribution is 2.24. The van der Waals surface area contributed by atoms with E-state index in [0.29, 0.717) is 11.4 Å². The number of hydrogen-bond donors (Lipinski definition) is 1. The molecule has 1 N–H and O–H groups in total. The number of amides is 1. The van der Waals surface area contributed by atoms with Crippen LogP contribution < -0.4 is 10.1 Å². The molecule has 1 aliphatic carbocycles. The highest BCUT2D eigenvalue weighted by molar-refractivity contribution is 5.86. The molecule has 0 heterocycles. The molecule has 0 aromatic heterocycles. The van der Waals surface area contributed by atoms with Gasteiger partial charge in [-0.3, -0.25) is 5.32 Å². The molecule has 0 atom stereocenters. The minimum atomic E-state index is -0.397. The van der Waals surface area contributed by atoms with Gasteiger partial charge in [-0.05, 0) is 37.8 Å². The molecular formula is C14H19NO3. The second-order valence-electron chi connectivity index (χ2n) is 4.49. The van der Waals surface area contributed by atoms with Crippen molar-refractivity contribution >= 4 is 11.8 Å². The first-order valence-corrected chi connectivity index (χ1v) is 6.40. The van der Waals surface area contributed by atoms with Crippen LogP contribution in [0.5, 0.6) is 5.75 Å². The van der Waals surface area contributed by atoms with Crippen LogP contribution in [-0.2, 0) is 4.74 Å². The van der Waals surface area contributed by atoms with Crippen LogP contribution in [0, 0.1) is 0 Å². The molecule has 18 heavy (non-hydrogen) atoms. The van der Waals surface area contributed by atoms with E-state index in [2.05, 4.69) is 5.32 Å². The maximum Gasteiger partial charge on any atom is 0.412 e. The van der Waals surface area contributed by atoms with E-state index in [9.17, 15) is 4.79 Å². The Morgan fingerprint density at radius 1 is 1.22 bits per heavy atom. The lowest BCUT2D eigenvalue weighted by Gasteiger charge is -2.22. The van der Waals surface area contributed by atoms with Gasteiger partial charge in [0.15, 0.2) is 0 Å².